The number of benzene rings is 1. The summed E-state index contributed by atoms with van der Waals surface area (Å²) in [5.41, 5.74) is 10.7. The average molecular weight is 280 g/mol. The molecule has 1 heterocycles. The molecule has 2 N–H and O–H groups in total. The van der Waals surface area contributed by atoms with E-state index in [1.54, 1.807) is 19.3 Å². The molecular formula is C18H20N2O. The van der Waals surface area contributed by atoms with E-state index in [0.717, 1.165) is 40.2 Å². The second-order valence-corrected chi connectivity index (χ2v) is 4.63. The van der Waals surface area contributed by atoms with Gasteiger partial charge in [0.2, 0.25) is 0 Å². The van der Waals surface area contributed by atoms with Crippen LogP contribution in [0.25, 0.3) is 23.3 Å². The van der Waals surface area contributed by atoms with E-state index in [2.05, 4.69) is 24.2 Å². The van der Waals surface area contributed by atoms with Crippen LogP contribution in [-0.2, 0) is 6.42 Å². The first-order valence-corrected chi connectivity index (χ1v) is 6.86. The van der Waals surface area contributed by atoms with Crippen molar-refractivity contribution in [2.45, 2.75) is 6.42 Å². The molecular weight excluding hydrogens is 260 g/mol. The van der Waals surface area contributed by atoms with Crippen molar-refractivity contribution < 1.29 is 4.74 Å². The highest BCUT2D eigenvalue weighted by Gasteiger charge is 2.10. The van der Waals surface area contributed by atoms with Crippen molar-refractivity contribution in [1.82, 2.24) is 4.98 Å². The van der Waals surface area contributed by atoms with E-state index in [1.165, 1.54) is 0 Å². The molecule has 108 valence electrons. The SMILES string of the molecule is C=Cc1cc(-c2ccc(OC)cc2)c(CCN)nc1C=C. The Morgan fingerprint density at radius 3 is 2.43 bits per heavy atom. The van der Waals surface area contributed by atoms with Crippen LogP contribution < -0.4 is 10.5 Å². The number of pyridine rings is 1. The van der Waals surface area contributed by atoms with Crippen LogP contribution in [0.15, 0.2) is 43.5 Å². The molecule has 1 aromatic heterocycles. The molecule has 0 saturated heterocycles. The molecule has 0 fully saturated rings. The molecule has 3 nitrogen and oxygen atoms in total. The highest BCUT2D eigenvalue weighted by molar-refractivity contribution is 5.73. The number of hydrogen-bond donors (Lipinski definition) is 1. The summed E-state index contributed by atoms with van der Waals surface area (Å²) in [6.07, 6.45) is 4.26. The van der Waals surface area contributed by atoms with Crippen LogP contribution in [0.4, 0.5) is 0 Å². The number of nitrogens with zero attached hydrogens (tertiary/aromatic N) is 1. The van der Waals surface area contributed by atoms with Crippen LogP contribution in [0.5, 0.6) is 5.75 Å². The summed E-state index contributed by atoms with van der Waals surface area (Å²) in [5, 5.41) is 0. The number of methoxy groups -OCH3 is 1. The third-order valence-corrected chi connectivity index (χ3v) is 3.36. The highest BCUT2D eigenvalue weighted by Crippen LogP contribution is 2.28. The van der Waals surface area contributed by atoms with E-state index in [-0.39, 0.29) is 0 Å². The Hall–Kier alpha value is -2.39. The lowest BCUT2D eigenvalue weighted by Gasteiger charge is -2.12. The van der Waals surface area contributed by atoms with Crippen LogP contribution in [0.1, 0.15) is 17.0 Å². The Kier molecular flexibility index (Phi) is 4.90. The summed E-state index contributed by atoms with van der Waals surface area (Å²) >= 11 is 0. The Labute approximate surface area is 125 Å². The van der Waals surface area contributed by atoms with Gasteiger partial charge in [-0.15, -0.1) is 0 Å². The molecule has 0 bridgehead atoms. The molecule has 0 radical (unpaired) electrons. The summed E-state index contributed by atoms with van der Waals surface area (Å²) in [6, 6.07) is 10.0. The van der Waals surface area contributed by atoms with Crippen molar-refractivity contribution in [3.05, 3.63) is 60.4 Å². The van der Waals surface area contributed by atoms with Crippen molar-refractivity contribution in [2.75, 3.05) is 13.7 Å². The zero-order valence-electron chi connectivity index (χ0n) is 12.3. The molecule has 3 heteroatoms. The van der Waals surface area contributed by atoms with Gasteiger partial charge in [0.25, 0.3) is 0 Å². The van der Waals surface area contributed by atoms with Crippen molar-refractivity contribution in [2.24, 2.45) is 5.73 Å². The number of aromatic nitrogens is 1. The fourth-order valence-corrected chi connectivity index (χ4v) is 2.26. The first-order chi connectivity index (χ1) is 10.2. The number of rotatable bonds is 6. The maximum Gasteiger partial charge on any atom is 0.118 e. The molecule has 0 aliphatic heterocycles. The van der Waals surface area contributed by atoms with Gasteiger partial charge in [-0.3, -0.25) is 4.98 Å². The molecule has 1 aromatic carbocycles. The van der Waals surface area contributed by atoms with Gasteiger partial charge in [0, 0.05) is 17.5 Å². The van der Waals surface area contributed by atoms with Crippen molar-refractivity contribution in [1.29, 1.82) is 0 Å². The number of nitrogens with two attached hydrogens (primary N) is 1. The molecule has 2 rings (SSSR count). The maximum atomic E-state index is 5.71. The second kappa shape index (κ2) is 6.86. The summed E-state index contributed by atoms with van der Waals surface area (Å²) in [4.78, 5) is 4.67. The van der Waals surface area contributed by atoms with Crippen LogP contribution in [-0.4, -0.2) is 18.6 Å². The molecule has 0 amide bonds. The zero-order valence-corrected chi connectivity index (χ0v) is 12.3. The predicted molar refractivity (Wildman–Crippen MR) is 89.2 cm³/mol. The quantitative estimate of drug-likeness (QED) is 0.880. The largest absolute Gasteiger partial charge is 0.497 e. The fourth-order valence-electron chi connectivity index (χ4n) is 2.26. The van der Waals surface area contributed by atoms with Gasteiger partial charge < -0.3 is 10.5 Å². The molecule has 0 unspecified atom stereocenters. The van der Waals surface area contributed by atoms with E-state index in [1.807, 2.05) is 24.3 Å². The van der Waals surface area contributed by atoms with Crippen molar-refractivity contribution in [3.63, 3.8) is 0 Å². The standard InChI is InChI=1S/C18H20N2O/c1-4-13-12-16(14-6-8-15(21-3)9-7-14)18(10-11-19)20-17(13)5-2/h4-9,12H,1-2,10-11,19H2,3H3. The first-order valence-electron chi connectivity index (χ1n) is 6.86. The molecule has 2 aromatic rings. The lowest BCUT2D eigenvalue weighted by Crippen LogP contribution is -2.07. The van der Waals surface area contributed by atoms with Crippen LogP contribution >= 0.6 is 0 Å². The fraction of sp³-hybridized carbons (Fsp3) is 0.167. The molecule has 0 aliphatic carbocycles. The van der Waals surface area contributed by atoms with E-state index in [4.69, 9.17) is 10.5 Å². The minimum atomic E-state index is 0.556. The molecule has 0 spiro atoms. The number of ether oxygens (including phenoxy) is 1. The van der Waals surface area contributed by atoms with Gasteiger partial charge in [-0.1, -0.05) is 31.4 Å². The third kappa shape index (κ3) is 3.20. The Balaban J connectivity index is 2.58. The molecule has 0 atom stereocenters. The van der Waals surface area contributed by atoms with Crippen molar-refractivity contribution >= 4 is 12.2 Å². The maximum absolute atomic E-state index is 5.71. The van der Waals surface area contributed by atoms with Crippen LogP contribution in [0.3, 0.4) is 0 Å². The predicted octanol–water partition coefficient (Wildman–Crippen LogP) is 3.54. The van der Waals surface area contributed by atoms with Crippen molar-refractivity contribution in [3.8, 4) is 16.9 Å². The third-order valence-electron chi connectivity index (χ3n) is 3.36. The van der Waals surface area contributed by atoms with Gasteiger partial charge in [-0.25, -0.2) is 0 Å². The highest BCUT2D eigenvalue weighted by atomic mass is 16.5. The molecule has 0 saturated carbocycles. The van der Waals surface area contributed by atoms with Gasteiger partial charge >= 0.3 is 0 Å². The Morgan fingerprint density at radius 1 is 1.19 bits per heavy atom. The molecule has 0 aliphatic rings. The molecule has 21 heavy (non-hydrogen) atoms. The van der Waals surface area contributed by atoms with Gasteiger partial charge in [0.1, 0.15) is 5.75 Å². The van der Waals surface area contributed by atoms with Crippen LogP contribution in [0, 0.1) is 0 Å². The van der Waals surface area contributed by atoms with E-state index < -0.39 is 0 Å². The average Bonchev–Trinajstić information content (AvgIpc) is 2.54. The Morgan fingerprint density at radius 2 is 1.90 bits per heavy atom. The summed E-state index contributed by atoms with van der Waals surface area (Å²) in [7, 11) is 1.66. The summed E-state index contributed by atoms with van der Waals surface area (Å²) in [6.45, 7) is 8.21. The number of hydrogen-bond acceptors (Lipinski definition) is 3. The zero-order chi connectivity index (χ0) is 15.2. The second-order valence-electron chi connectivity index (χ2n) is 4.63. The van der Waals surface area contributed by atoms with Gasteiger partial charge in [0.05, 0.1) is 18.5 Å². The van der Waals surface area contributed by atoms with Crippen LogP contribution in [0.2, 0.25) is 0 Å². The minimum Gasteiger partial charge on any atom is -0.497 e. The van der Waals surface area contributed by atoms with Gasteiger partial charge in [-0.2, -0.15) is 0 Å². The summed E-state index contributed by atoms with van der Waals surface area (Å²) < 4.78 is 5.20. The minimum absolute atomic E-state index is 0.556. The summed E-state index contributed by atoms with van der Waals surface area (Å²) in [5.74, 6) is 0.832. The Bertz CT molecular complexity index is 645. The lowest BCUT2D eigenvalue weighted by molar-refractivity contribution is 0.415. The van der Waals surface area contributed by atoms with E-state index in [9.17, 15) is 0 Å². The van der Waals surface area contributed by atoms with Gasteiger partial charge in [0.15, 0.2) is 0 Å². The smallest absolute Gasteiger partial charge is 0.118 e. The first kappa shape index (κ1) is 15.0. The monoisotopic (exact) mass is 280 g/mol. The van der Waals surface area contributed by atoms with Gasteiger partial charge in [-0.05, 0) is 36.4 Å². The van der Waals surface area contributed by atoms with E-state index >= 15 is 0 Å². The normalized spacial score (nSPS) is 10.2. The topological polar surface area (TPSA) is 48.1 Å². The lowest BCUT2D eigenvalue weighted by atomic mass is 9.98. The van der Waals surface area contributed by atoms with E-state index in [0.29, 0.717) is 6.54 Å².